The van der Waals surface area contributed by atoms with Crippen LogP contribution in [0.4, 0.5) is 17.6 Å². The van der Waals surface area contributed by atoms with Crippen LogP contribution in [0.3, 0.4) is 0 Å². The fourth-order valence-corrected chi connectivity index (χ4v) is 1.42. The van der Waals surface area contributed by atoms with Crippen LogP contribution in [0.1, 0.15) is 11.6 Å². The van der Waals surface area contributed by atoms with Crippen molar-refractivity contribution < 1.29 is 17.6 Å². The van der Waals surface area contributed by atoms with Crippen molar-refractivity contribution in [2.45, 2.75) is 12.2 Å². The van der Waals surface area contributed by atoms with Gasteiger partial charge in [0.05, 0.1) is 0 Å². The van der Waals surface area contributed by atoms with E-state index in [4.69, 9.17) is 5.73 Å². The van der Waals surface area contributed by atoms with E-state index < -0.39 is 18.0 Å². The predicted octanol–water partition coefficient (Wildman–Crippen LogP) is 3.57. The van der Waals surface area contributed by atoms with E-state index >= 15 is 0 Å². The summed E-state index contributed by atoms with van der Waals surface area (Å²) >= 11 is 2.88. The topological polar surface area (TPSA) is 26.0 Å². The minimum atomic E-state index is -4.57. The molecule has 0 saturated heterocycles. The maximum atomic E-state index is 12.7. The van der Waals surface area contributed by atoms with Gasteiger partial charge in [-0.05, 0) is 23.8 Å². The molecule has 0 unspecified atom stereocenters. The van der Waals surface area contributed by atoms with E-state index in [-0.39, 0.29) is 22.4 Å². The van der Waals surface area contributed by atoms with Gasteiger partial charge in [-0.2, -0.15) is 13.2 Å². The van der Waals surface area contributed by atoms with E-state index in [0.29, 0.717) is 0 Å². The van der Waals surface area contributed by atoms with Gasteiger partial charge in [-0.1, -0.05) is 15.9 Å². The summed E-state index contributed by atoms with van der Waals surface area (Å²) in [5.41, 5.74) is 4.61. The third kappa shape index (κ3) is 3.62. The molecular weight excluding hydrogens is 301 g/mol. The van der Waals surface area contributed by atoms with Crippen LogP contribution in [0.2, 0.25) is 0 Å². The first kappa shape index (κ1) is 14.7. The van der Waals surface area contributed by atoms with Gasteiger partial charge in [0.15, 0.2) is 0 Å². The summed E-state index contributed by atoms with van der Waals surface area (Å²) in [5, 5.41) is 0. The molecule has 0 heterocycles. The van der Waals surface area contributed by atoms with Crippen LogP contribution in [-0.4, -0.2) is 6.18 Å². The molecule has 1 atom stereocenters. The second-order valence-corrected chi connectivity index (χ2v) is 3.54. The smallest absolute Gasteiger partial charge is 0.316 e. The maximum Gasteiger partial charge on any atom is 0.407 e. The standard InChI is InChI=1S/C8H6BrF4N.ClH/c9-6-2-1-4(10)3-5(6)7(14)8(11,12)13;/h1-3,7H,14H2;1H/t7-;/m1./s1. The Labute approximate surface area is 98.2 Å². The Balaban J connectivity index is 0.00000196. The number of nitrogens with two attached hydrogens (primary N) is 1. The third-order valence-corrected chi connectivity index (χ3v) is 2.37. The zero-order valence-corrected chi connectivity index (χ0v) is 9.59. The fraction of sp³-hybridized carbons (Fsp3) is 0.250. The van der Waals surface area contributed by atoms with Gasteiger partial charge in [0.2, 0.25) is 0 Å². The summed E-state index contributed by atoms with van der Waals surface area (Å²) in [4.78, 5) is 0. The van der Waals surface area contributed by atoms with Crippen LogP contribution in [0, 0.1) is 5.82 Å². The monoisotopic (exact) mass is 307 g/mol. The van der Waals surface area contributed by atoms with Crippen molar-refractivity contribution in [1.29, 1.82) is 0 Å². The highest BCUT2D eigenvalue weighted by atomic mass is 79.9. The molecule has 0 saturated carbocycles. The first-order valence-electron chi connectivity index (χ1n) is 3.59. The van der Waals surface area contributed by atoms with E-state index in [1.54, 1.807) is 0 Å². The number of benzene rings is 1. The molecular formula is C8H7BrClF4N. The SMILES string of the molecule is Cl.N[C@H](c1cc(F)ccc1Br)C(F)(F)F. The predicted molar refractivity (Wildman–Crippen MR) is 54.3 cm³/mol. The summed E-state index contributed by atoms with van der Waals surface area (Å²) in [5.74, 6) is -0.747. The summed E-state index contributed by atoms with van der Waals surface area (Å²) in [7, 11) is 0. The van der Waals surface area contributed by atoms with E-state index in [2.05, 4.69) is 15.9 Å². The quantitative estimate of drug-likeness (QED) is 0.789. The Bertz CT molecular complexity index is 342. The lowest BCUT2D eigenvalue weighted by Gasteiger charge is -2.17. The van der Waals surface area contributed by atoms with E-state index in [9.17, 15) is 17.6 Å². The molecule has 2 N–H and O–H groups in total. The zero-order chi connectivity index (χ0) is 10.9. The van der Waals surface area contributed by atoms with Crippen LogP contribution in [-0.2, 0) is 0 Å². The molecule has 15 heavy (non-hydrogen) atoms. The van der Waals surface area contributed by atoms with Gasteiger partial charge in [0, 0.05) is 4.47 Å². The van der Waals surface area contributed by atoms with Crippen molar-refractivity contribution in [1.82, 2.24) is 0 Å². The number of alkyl halides is 3. The number of hydrogen-bond acceptors (Lipinski definition) is 1. The van der Waals surface area contributed by atoms with Crippen molar-refractivity contribution in [2.75, 3.05) is 0 Å². The molecule has 0 fully saturated rings. The lowest BCUT2D eigenvalue weighted by atomic mass is 10.1. The summed E-state index contributed by atoms with van der Waals surface area (Å²) in [6.07, 6.45) is -4.57. The highest BCUT2D eigenvalue weighted by molar-refractivity contribution is 9.10. The Morgan fingerprint density at radius 1 is 1.27 bits per heavy atom. The van der Waals surface area contributed by atoms with E-state index in [0.717, 1.165) is 12.1 Å². The molecule has 0 spiro atoms. The summed E-state index contributed by atoms with van der Waals surface area (Å²) < 4.78 is 49.3. The minimum Gasteiger partial charge on any atom is -0.316 e. The van der Waals surface area contributed by atoms with Gasteiger partial charge in [0.1, 0.15) is 11.9 Å². The number of halogens is 6. The number of hydrogen-bond donors (Lipinski definition) is 1. The summed E-state index contributed by atoms with van der Waals surface area (Å²) in [6, 6.07) is 0.836. The Hall–Kier alpha value is -0.330. The highest BCUT2D eigenvalue weighted by Crippen LogP contribution is 2.34. The average Bonchev–Trinajstić information content (AvgIpc) is 2.06. The molecule has 1 aromatic rings. The lowest BCUT2D eigenvalue weighted by molar-refractivity contribution is -0.149. The van der Waals surface area contributed by atoms with Gasteiger partial charge in [-0.25, -0.2) is 4.39 Å². The van der Waals surface area contributed by atoms with Gasteiger partial charge >= 0.3 is 6.18 Å². The molecule has 0 aliphatic heterocycles. The van der Waals surface area contributed by atoms with E-state index in [1.165, 1.54) is 6.07 Å². The van der Waals surface area contributed by atoms with Crippen LogP contribution in [0.15, 0.2) is 22.7 Å². The van der Waals surface area contributed by atoms with Gasteiger partial charge in [-0.15, -0.1) is 12.4 Å². The van der Waals surface area contributed by atoms with Gasteiger partial charge in [-0.3, -0.25) is 0 Å². The molecule has 0 aliphatic carbocycles. The molecule has 7 heteroatoms. The average molecular weight is 308 g/mol. The minimum absolute atomic E-state index is 0. The molecule has 0 aromatic heterocycles. The molecule has 0 radical (unpaired) electrons. The van der Waals surface area contributed by atoms with Crippen molar-refractivity contribution in [2.24, 2.45) is 5.73 Å². The van der Waals surface area contributed by atoms with Crippen LogP contribution >= 0.6 is 28.3 Å². The largest absolute Gasteiger partial charge is 0.407 e. The third-order valence-electron chi connectivity index (χ3n) is 1.65. The molecule has 1 aromatic carbocycles. The van der Waals surface area contributed by atoms with Crippen LogP contribution < -0.4 is 5.73 Å². The van der Waals surface area contributed by atoms with Crippen molar-refractivity contribution in [3.63, 3.8) is 0 Å². The second kappa shape index (κ2) is 5.14. The lowest BCUT2D eigenvalue weighted by Crippen LogP contribution is -2.28. The maximum absolute atomic E-state index is 12.7. The Morgan fingerprint density at radius 2 is 1.80 bits per heavy atom. The molecule has 1 rings (SSSR count). The Kier molecular flexibility index (Phi) is 5.02. The molecule has 0 bridgehead atoms. The Morgan fingerprint density at radius 3 is 2.27 bits per heavy atom. The van der Waals surface area contributed by atoms with Crippen LogP contribution in [0.5, 0.6) is 0 Å². The zero-order valence-electron chi connectivity index (χ0n) is 7.18. The van der Waals surface area contributed by atoms with Crippen molar-refractivity contribution in [3.8, 4) is 0 Å². The second-order valence-electron chi connectivity index (χ2n) is 2.69. The first-order chi connectivity index (χ1) is 6.32. The normalized spacial score (nSPS) is 13.2. The highest BCUT2D eigenvalue weighted by Gasteiger charge is 2.38. The molecule has 0 amide bonds. The molecule has 0 aliphatic rings. The van der Waals surface area contributed by atoms with Crippen molar-refractivity contribution >= 4 is 28.3 Å². The van der Waals surface area contributed by atoms with Crippen molar-refractivity contribution in [3.05, 3.63) is 34.1 Å². The van der Waals surface area contributed by atoms with Gasteiger partial charge in [0.25, 0.3) is 0 Å². The summed E-state index contributed by atoms with van der Waals surface area (Å²) in [6.45, 7) is 0. The molecule has 1 nitrogen and oxygen atoms in total. The van der Waals surface area contributed by atoms with Crippen LogP contribution in [0.25, 0.3) is 0 Å². The number of rotatable bonds is 1. The molecule has 86 valence electrons. The van der Waals surface area contributed by atoms with Gasteiger partial charge < -0.3 is 5.73 Å². The first-order valence-corrected chi connectivity index (χ1v) is 4.39. The van der Waals surface area contributed by atoms with E-state index in [1.807, 2.05) is 0 Å². The fourth-order valence-electron chi connectivity index (χ4n) is 0.929.